The molecule has 5 rings (SSSR count). The van der Waals surface area contributed by atoms with Crippen LogP contribution in [0.15, 0.2) is 72.0 Å². The third-order valence-electron chi connectivity index (χ3n) is 6.29. The van der Waals surface area contributed by atoms with Crippen LogP contribution in [-0.4, -0.2) is 51.3 Å². The molecule has 0 atom stereocenters. The van der Waals surface area contributed by atoms with E-state index in [0.29, 0.717) is 31.8 Å². The summed E-state index contributed by atoms with van der Waals surface area (Å²) in [5, 5.41) is 5.12. The van der Waals surface area contributed by atoms with Crippen molar-refractivity contribution < 1.29 is 13.2 Å². The van der Waals surface area contributed by atoms with E-state index in [1.54, 1.807) is 47.4 Å². The molecule has 0 aliphatic carbocycles. The van der Waals surface area contributed by atoms with E-state index < -0.39 is 10.0 Å². The van der Waals surface area contributed by atoms with E-state index in [2.05, 4.69) is 15.1 Å². The Kier molecular flexibility index (Phi) is 5.97. The van der Waals surface area contributed by atoms with Crippen LogP contribution in [0, 0.1) is 5.92 Å². The molecule has 0 spiro atoms. The summed E-state index contributed by atoms with van der Waals surface area (Å²) in [4.78, 5) is 22.3. The summed E-state index contributed by atoms with van der Waals surface area (Å²) in [5.74, 6) is 0.350. The number of aryl methyl sites for hydroxylation is 1. The molecule has 3 heterocycles. The largest absolute Gasteiger partial charge is 0.299 e. The summed E-state index contributed by atoms with van der Waals surface area (Å²) < 4.78 is 28.9. The molecule has 174 valence electrons. The first-order valence-corrected chi connectivity index (χ1v) is 12.7. The number of sulfonamides is 1. The molecule has 8 nitrogen and oxygen atoms in total. The fraction of sp³-hybridized carbons (Fsp3) is 0.280. The van der Waals surface area contributed by atoms with Crippen molar-refractivity contribution in [2.24, 2.45) is 13.0 Å². The first-order valence-electron chi connectivity index (χ1n) is 11.2. The Labute approximate surface area is 198 Å². The van der Waals surface area contributed by atoms with Gasteiger partial charge in [-0.15, -0.1) is 0 Å². The number of hydrogen-bond acceptors (Lipinski definition) is 6. The molecule has 1 aliphatic rings. The molecule has 9 heteroatoms. The minimum atomic E-state index is -3.53. The van der Waals surface area contributed by atoms with Crippen molar-refractivity contribution in [1.82, 2.24) is 24.1 Å². The van der Waals surface area contributed by atoms with Gasteiger partial charge in [0.15, 0.2) is 0 Å². The van der Waals surface area contributed by atoms with E-state index in [1.165, 1.54) is 4.31 Å². The van der Waals surface area contributed by atoms with Gasteiger partial charge in [-0.25, -0.2) is 18.4 Å². The minimum absolute atomic E-state index is 0.0551. The molecule has 0 saturated carbocycles. The van der Waals surface area contributed by atoms with Gasteiger partial charge >= 0.3 is 0 Å². The maximum atomic E-state index is 13.0. The molecular formula is C25H25N5O3S. The van der Waals surface area contributed by atoms with Gasteiger partial charge in [-0.05, 0) is 36.6 Å². The predicted octanol–water partition coefficient (Wildman–Crippen LogP) is 3.24. The van der Waals surface area contributed by atoms with Crippen LogP contribution < -0.4 is 0 Å². The zero-order valence-electron chi connectivity index (χ0n) is 18.8. The van der Waals surface area contributed by atoms with Gasteiger partial charge in [0.2, 0.25) is 10.0 Å². The van der Waals surface area contributed by atoms with Crippen molar-refractivity contribution in [3.05, 3.63) is 72.9 Å². The van der Waals surface area contributed by atoms with Gasteiger partial charge in [-0.1, -0.05) is 30.3 Å². The average molecular weight is 476 g/mol. The van der Waals surface area contributed by atoms with Crippen molar-refractivity contribution in [3.63, 3.8) is 0 Å². The van der Waals surface area contributed by atoms with E-state index in [1.807, 2.05) is 31.4 Å². The number of Topliss-reactive ketones (excluding diaryl/α,β-unsaturated/α-hetero) is 1. The lowest BCUT2D eigenvalue weighted by atomic mass is 9.92. The Balaban J connectivity index is 1.26. The minimum Gasteiger partial charge on any atom is -0.299 e. The van der Waals surface area contributed by atoms with Crippen LogP contribution in [0.3, 0.4) is 0 Å². The summed E-state index contributed by atoms with van der Waals surface area (Å²) in [6, 6.07) is 14.4. The Bertz CT molecular complexity index is 1440. The Hall–Kier alpha value is -3.43. The highest BCUT2D eigenvalue weighted by molar-refractivity contribution is 7.89. The highest BCUT2D eigenvalue weighted by Gasteiger charge is 2.32. The highest BCUT2D eigenvalue weighted by atomic mass is 32.2. The third-order valence-corrected chi connectivity index (χ3v) is 8.21. The van der Waals surface area contributed by atoms with Crippen LogP contribution in [0.25, 0.3) is 22.0 Å². The summed E-state index contributed by atoms with van der Waals surface area (Å²) in [5.41, 5.74) is 2.78. The normalized spacial score (nSPS) is 15.6. The second-order valence-electron chi connectivity index (χ2n) is 8.60. The van der Waals surface area contributed by atoms with E-state index in [0.717, 1.165) is 22.0 Å². The number of nitrogens with zero attached hydrogens (tertiary/aromatic N) is 5. The lowest BCUT2D eigenvalue weighted by molar-refractivity contribution is -0.123. The molecule has 4 aromatic rings. The molecule has 0 radical (unpaired) electrons. The van der Waals surface area contributed by atoms with Gasteiger partial charge in [0, 0.05) is 49.4 Å². The van der Waals surface area contributed by atoms with Crippen LogP contribution in [0.5, 0.6) is 0 Å². The molecule has 1 saturated heterocycles. The summed E-state index contributed by atoms with van der Waals surface area (Å²) in [7, 11) is -1.66. The van der Waals surface area contributed by atoms with Gasteiger partial charge in [-0.2, -0.15) is 9.40 Å². The van der Waals surface area contributed by atoms with Crippen molar-refractivity contribution in [1.29, 1.82) is 0 Å². The number of aromatic nitrogens is 4. The number of ketones is 1. The highest BCUT2D eigenvalue weighted by Crippen LogP contribution is 2.26. The molecule has 34 heavy (non-hydrogen) atoms. The monoisotopic (exact) mass is 475 g/mol. The van der Waals surface area contributed by atoms with Crippen molar-refractivity contribution in [2.75, 3.05) is 13.1 Å². The molecular weight excluding hydrogens is 450 g/mol. The van der Waals surface area contributed by atoms with Crippen molar-refractivity contribution in [2.45, 2.75) is 24.2 Å². The Morgan fingerprint density at radius 1 is 1.03 bits per heavy atom. The second kappa shape index (κ2) is 9.08. The Morgan fingerprint density at radius 3 is 2.50 bits per heavy atom. The molecule has 1 fully saturated rings. The van der Waals surface area contributed by atoms with Crippen molar-refractivity contribution >= 4 is 26.7 Å². The molecule has 1 aliphatic heterocycles. The zero-order chi connectivity index (χ0) is 23.7. The van der Waals surface area contributed by atoms with Crippen LogP contribution in [0.2, 0.25) is 0 Å². The Morgan fingerprint density at radius 2 is 1.79 bits per heavy atom. The number of carbonyl (C=O) groups excluding carboxylic acids is 1. The average Bonchev–Trinajstić information content (AvgIpc) is 3.30. The SMILES string of the molecule is Cn1cc(-c2ccc3cnc(CC(=O)C4CCN(S(=O)(=O)c5ccccc5)CC4)nc3c2)cn1. The van der Waals surface area contributed by atoms with Crippen LogP contribution in [-0.2, 0) is 28.3 Å². The number of piperidine rings is 1. The van der Waals surface area contributed by atoms with Gasteiger partial charge < -0.3 is 0 Å². The molecule has 2 aromatic heterocycles. The van der Waals surface area contributed by atoms with Crippen LogP contribution in [0.1, 0.15) is 18.7 Å². The summed E-state index contributed by atoms with van der Waals surface area (Å²) >= 11 is 0. The van der Waals surface area contributed by atoms with Gasteiger partial charge in [0.05, 0.1) is 23.0 Å². The molecule has 0 amide bonds. The fourth-order valence-corrected chi connectivity index (χ4v) is 5.85. The number of benzene rings is 2. The zero-order valence-corrected chi connectivity index (χ0v) is 19.6. The number of carbonyl (C=O) groups is 1. The third kappa shape index (κ3) is 4.49. The van der Waals surface area contributed by atoms with E-state index >= 15 is 0 Å². The van der Waals surface area contributed by atoms with E-state index in [4.69, 9.17) is 0 Å². The maximum absolute atomic E-state index is 13.0. The number of rotatable bonds is 6. The van der Waals surface area contributed by atoms with E-state index in [-0.39, 0.29) is 23.0 Å². The molecule has 0 bridgehead atoms. The van der Waals surface area contributed by atoms with Gasteiger partial charge in [0.1, 0.15) is 11.6 Å². The first kappa shape index (κ1) is 22.4. The second-order valence-corrected chi connectivity index (χ2v) is 10.5. The summed E-state index contributed by atoms with van der Waals surface area (Å²) in [6.07, 6.45) is 6.64. The maximum Gasteiger partial charge on any atom is 0.243 e. The molecule has 0 unspecified atom stereocenters. The molecule has 2 aromatic carbocycles. The fourth-order valence-electron chi connectivity index (χ4n) is 4.36. The van der Waals surface area contributed by atoms with Gasteiger partial charge in [0.25, 0.3) is 0 Å². The molecule has 0 N–H and O–H groups in total. The van der Waals surface area contributed by atoms with E-state index in [9.17, 15) is 13.2 Å². The smallest absolute Gasteiger partial charge is 0.243 e. The lowest BCUT2D eigenvalue weighted by Gasteiger charge is -2.30. The lowest BCUT2D eigenvalue weighted by Crippen LogP contribution is -2.40. The quantitative estimate of drug-likeness (QED) is 0.425. The first-order chi connectivity index (χ1) is 16.4. The number of fused-ring (bicyclic) bond motifs is 1. The van der Waals surface area contributed by atoms with Gasteiger partial charge in [-0.3, -0.25) is 9.48 Å². The topological polar surface area (TPSA) is 98.1 Å². The standard InChI is InChI=1S/C25H25N5O3S/c1-29-17-21(16-27-29)19-7-8-20-15-26-25(28-23(20)13-19)14-24(31)18-9-11-30(12-10-18)34(32,33)22-5-3-2-4-6-22/h2-8,13,15-18H,9-12,14H2,1H3. The van der Waals surface area contributed by atoms with Crippen molar-refractivity contribution in [3.8, 4) is 11.1 Å². The summed E-state index contributed by atoms with van der Waals surface area (Å²) in [6.45, 7) is 0.668. The number of hydrogen-bond donors (Lipinski definition) is 0. The van der Waals surface area contributed by atoms with Crippen LogP contribution in [0.4, 0.5) is 0 Å². The van der Waals surface area contributed by atoms with Crippen LogP contribution >= 0.6 is 0 Å². The predicted molar refractivity (Wildman–Crippen MR) is 128 cm³/mol.